The minimum atomic E-state index is -0.744. The standard InChI is InChI=1S/C12H24N2O3/c1-12(2,17-3)11(16)14-6-4-5-13(7-8-14)9-10-15/h15H,4-10H2,1-3H3. The predicted molar refractivity (Wildman–Crippen MR) is 65.8 cm³/mol. The molecule has 1 aliphatic rings. The lowest BCUT2D eigenvalue weighted by Gasteiger charge is -2.30. The van der Waals surface area contributed by atoms with Gasteiger partial charge in [-0.3, -0.25) is 9.69 Å². The summed E-state index contributed by atoms with van der Waals surface area (Å²) in [6.45, 7) is 7.72. The number of hydrogen-bond donors (Lipinski definition) is 1. The maximum absolute atomic E-state index is 12.2. The molecular weight excluding hydrogens is 220 g/mol. The highest BCUT2D eigenvalue weighted by Gasteiger charge is 2.32. The van der Waals surface area contributed by atoms with E-state index < -0.39 is 5.60 Å². The molecule has 5 heteroatoms. The van der Waals surface area contributed by atoms with E-state index >= 15 is 0 Å². The van der Waals surface area contributed by atoms with Crippen molar-refractivity contribution in [2.75, 3.05) is 46.4 Å². The number of carbonyl (C=O) groups excluding carboxylic acids is 1. The van der Waals surface area contributed by atoms with Gasteiger partial charge in [-0.15, -0.1) is 0 Å². The number of aliphatic hydroxyl groups is 1. The largest absolute Gasteiger partial charge is 0.395 e. The van der Waals surface area contributed by atoms with Crippen molar-refractivity contribution in [3.63, 3.8) is 0 Å². The quantitative estimate of drug-likeness (QED) is 0.752. The molecule has 0 spiro atoms. The highest BCUT2D eigenvalue weighted by molar-refractivity contribution is 5.84. The topological polar surface area (TPSA) is 53.0 Å². The number of methoxy groups -OCH3 is 1. The van der Waals surface area contributed by atoms with Crippen LogP contribution in [0.15, 0.2) is 0 Å². The Hall–Kier alpha value is -0.650. The fraction of sp³-hybridized carbons (Fsp3) is 0.917. The SMILES string of the molecule is COC(C)(C)C(=O)N1CCCN(CCO)CC1. The summed E-state index contributed by atoms with van der Waals surface area (Å²) < 4.78 is 5.22. The molecule has 1 rings (SSSR count). The lowest BCUT2D eigenvalue weighted by molar-refractivity contribution is -0.150. The molecule has 1 heterocycles. The molecule has 1 amide bonds. The lowest BCUT2D eigenvalue weighted by atomic mass is 10.1. The van der Waals surface area contributed by atoms with Gasteiger partial charge in [-0.05, 0) is 26.8 Å². The Morgan fingerprint density at radius 3 is 2.59 bits per heavy atom. The molecule has 0 aromatic carbocycles. The Kier molecular flexibility index (Phi) is 5.36. The van der Waals surface area contributed by atoms with Gasteiger partial charge in [-0.2, -0.15) is 0 Å². The summed E-state index contributed by atoms with van der Waals surface area (Å²) in [5.41, 5.74) is -0.744. The second kappa shape index (κ2) is 6.33. The van der Waals surface area contributed by atoms with Gasteiger partial charge < -0.3 is 14.7 Å². The molecular formula is C12H24N2O3. The van der Waals surface area contributed by atoms with E-state index in [1.807, 2.05) is 4.90 Å². The first-order valence-corrected chi connectivity index (χ1v) is 6.19. The summed E-state index contributed by atoms with van der Waals surface area (Å²) in [6, 6.07) is 0. The molecule has 5 nitrogen and oxygen atoms in total. The van der Waals surface area contributed by atoms with Crippen molar-refractivity contribution in [2.45, 2.75) is 25.9 Å². The van der Waals surface area contributed by atoms with E-state index in [4.69, 9.17) is 9.84 Å². The normalized spacial score (nSPS) is 19.2. The van der Waals surface area contributed by atoms with Crippen LogP contribution in [0.5, 0.6) is 0 Å². The first-order chi connectivity index (χ1) is 8.01. The molecule has 0 aromatic heterocycles. The summed E-state index contributed by atoms with van der Waals surface area (Å²) in [4.78, 5) is 16.3. The van der Waals surface area contributed by atoms with Gasteiger partial charge in [0.25, 0.3) is 5.91 Å². The Bertz CT molecular complexity index is 256. The molecule has 1 aliphatic heterocycles. The van der Waals surface area contributed by atoms with Gasteiger partial charge in [0.05, 0.1) is 6.61 Å². The van der Waals surface area contributed by atoms with E-state index in [1.54, 1.807) is 21.0 Å². The highest BCUT2D eigenvalue weighted by atomic mass is 16.5. The van der Waals surface area contributed by atoms with Gasteiger partial charge in [-0.25, -0.2) is 0 Å². The molecule has 0 atom stereocenters. The summed E-state index contributed by atoms with van der Waals surface area (Å²) >= 11 is 0. The number of nitrogens with zero attached hydrogens (tertiary/aromatic N) is 2. The maximum atomic E-state index is 12.2. The number of ether oxygens (including phenoxy) is 1. The van der Waals surface area contributed by atoms with Crippen molar-refractivity contribution in [1.82, 2.24) is 9.80 Å². The van der Waals surface area contributed by atoms with Crippen LogP contribution >= 0.6 is 0 Å². The monoisotopic (exact) mass is 244 g/mol. The minimum absolute atomic E-state index is 0.0471. The van der Waals surface area contributed by atoms with Gasteiger partial charge in [0.1, 0.15) is 5.60 Å². The second-order valence-corrected chi connectivity index (χ2v) is 4.93. The molecule has 0 unspecified atom stereocenters. The van der Waals surface area contributed by atoms with Crippen LogP contribution in [0, 0.1) is 0 Å². The molecule has 0 aliphatic carbocycles. The highest BCUT2D eigenvalue weighted by Crippen LogP contribution is 2.14. The number of amides is 1. The Morgan fingerprint density at radius 2 is 2.00 bits per heavy atom. The Balaban J connectivity index is 2.54. The Labute approximate surface area is 103 Å². The number of β-amino-alcohol motifs (C(OH)–C–C–N with tert-alkyl or cyclic N) is 1. The van der Waals surface area contributed by atoms with Crippen LogP contribution in [0.1, 0.15) is 20.3 Å². The second-order valence-electron chi connectivity index (χ2n) is 4.93. The summed E-state index contributed by atoms with van der Waals surface area (Å²) in [5, 5.41) is 8.91. The van der Waals surface area contributed by atoms with E-state index in [9.17, 15) is 4.79 Å². The predicted octanol–water partition coefficient (Wildman–Crippen LogP) is -0.0620. The first kappa shape index (κ1) is 14.4. The third kappa shape index (κ3) is 3.94. The molecule has 100 valence electrons. The minimum Gasteiger partial charge on any atom is -0.395 e. The molecule has 1 fully saturated rings. The molecule has 1 N–H and O–H groups in total. The van der Waals surface area contributed by atoms with Gasteiger partial charge in [0.15, 0.2) is 0 Å². The Morgan fingerprint density at radius 1 is 1.29 bits per heavy atom. The molecule has 0 radical (unpaired) electrons. The van der Waals surface area contributed by atoms with Crippen LogP contribution in [-0.2, 0) is 9.53 Å². The van der Waals surface area contributed by atoms with Crippen molar-refractivity contribution in [2.24, 2.45) is 0 Å². The van der Waals surface area contributed by atoms with Crippen LogP contribution < -0.4 is 0 Å². The van der Waals surface area contributed by atoms with E-state index in [2.05, 4.69) is 4.90 Å². The number of hydrogen-bond acceptors (Lipinski definition) is 4. The van der Waals surface area contributed by atoms with E-state index in [0.29, 0.717) is 13.1 Å². The molecule has 0 bridgehead atoms. The van der Waals surface area contributed by atoms with Gasteiger partial charge in [0.2, 0.25) is 0 Å². The molecule has 0 saturated carbocycles. The average molecular weight is 244 g/mol. The zero-order valence-corrected chi connectivity index (χ0v) is 11.1. The van der Waals surface area contributed by atoms with Crippen molar-refractivity contribution in [1.29, 1.82) is 0 Å². The van der Waals surface area contributed by atoms with Crippen LogP contribution in [0.3, 0.4) is 0 Å². The summed E-state index contributed by atoms with van der Waals surface area (Å²) in [6.07, 6.45) is 0.950. The lowest BCUT2D eigenvalue weighted by Crippen LogP contribution is -2.47. The molecule has 17 heavy (non-hydrogen) atoms. The smallest absolute Gasteiger partial charge is 0.254 e. The van der Waals surface area contributed by atoms with Crippen LogP contribution in [0.2, 0.25) is 0 Å². The third-order valence-corrected chi connectivity index (χ3v) is 3.32. The summed E-state index contributed by atoms with van der Waals surface area (Å²) in [5.74, 6) is 0.0471. The first-order valence-electron chi connectivity index (χ1n) is 6.19. The number of aliphatic hydroxyl groups excluding tert-OH is 1. The van der Waals surface area contributed by atoms with Crippen LogP contribution in [-0.4, -0.2) is 72.9 Å². The average Bonchev–Trinajstić information content (AvgIpc) is 2.54. The number of carbonyl (C=O) groups is 1. The van der Waals surface area contributed by atoms with Crippen molar-refractivity contribution < 1.29 is 14.6 Å². The zero-order chi connectivity index (χ0) is 12.9. The van der Waals surface area contributed by atoms with Crippen LogP contribution in [0.25, 0.3) is 0 Å². The maximum Gasteiger partial charge on any atom is 0.254 e. The fourth-order valence-electron chi connectivity index (χ4n) is 2.01. The zero-order valence-electron chi connectivity index (χ0n) is 11.1. The van der Waals surface area contributed by atoms with E-state index in [0.717, 1.165) is 26.1 Å². The molecule has 1 saturated heterocycles. The van der Waals surface area contributed by atoms with Gasteiger partial charge >= 0.3 is 0 Å². The van der Waals surface area contributed by atoms with E-state index in [1.165, 1.54) is 0 Å². The number of rotatable bonds is 4. The van der Waals surface area contributed by atoms with Crippen molar-refractivity contribution in [3.8, 4) is 0 Å². The van der Waals surface area contributed by atoms with E-state index in [-0.39, 0.29) is 12.5 Å². The van der Waals surface area contributed by atoms with Crippen LogP contribution in [0.4, 0.5) is 0 Å². The van der Waals surface area contributed by atoms with Gasteiger partial charge in [0, 0.05) is 33.3 Å². The molecule has 0 aromatic rings. The third-order valence-electron chi connectivity index (χ3n) is 3.32. The van der Waals surface area contributed by atoms with Crippen molar-refractivity contribution in [3.05, 3.63) is 0 Å². The summed E-state index contributed by atoms with van der Waals surface area (Å²) in [7, 11) is 1.56. The fourth-order valence-corrected chi connectivity index (χ4v) is 2.01. The van der Waals surface area contributed by atoms with Gasteiger partial charge in [-0.1, -0.05) is 0 Å². The van der Waals surface area contributed by atoms with Crippen molar-refractivity contribution >= 4 is 5.91 Å².